The lowest BCUT2D eigenvalue weighted by atomic mass is 9.99. The summed E-state index contributed by atoms with van der Waals surface area (Å²) >= 11 is 0. The number of ketones is 1. The number of hydrogen-bond donors (Lipinski definition) is 0. The Kier molecular flexibility index (Phi) is 5.08. The van der Waals surface area contributed by atoms with Crippen LogP contribution in [0.5, 0.6) is 0 Å². The maximum Gasteiger partial charge on any atom is 0.193 e. The van der Waals surface area contributed by atoms with Crippen LogP contribution in [0, 0.1) is 0 Å². The molecule has 3 aromatic rings. The average molecular weight is 344 g/mol. The summed E-state index contributed by atoms with van der Waals surface area (Å²) in [6.07, 6.45) is 0. The summed E-state index contributed by atoms with van der Waals surface area (Å²) in [6, 6.07) is 23.9. The van der Waals surface area contributed by atoms with Gasteiger partial charge in [-0.2, -0.15) is 0 Å². The highest BCUT2D eigenvalue weighted by molar-refractivity contribution is 6.09. The van der Waals surface area contributed by atoms with Crippen LogP contribution in [0.4, 0.5) is 11.4 Å². The van der Waals surface area contributed by atoms with Crippen LogP contribution in [0.15, 0.2) is 72.8 Å². The van der Waals surface area contributed by atoms with Gasteiger partial charge < -0.3 is 9.80 Å². The standard InChI is InChI=1S/C23H24N2O/c1-24(2)21-13-9-18(10-14-21)17-5-7-19(8-6-17)23(26)20-11-15-22(16-12-20)25(3)4/h5-16H,1-4H3. The van der Waals surface area contributed by atoms with Gasteiger partial charge in [0.05, 0.1) is 0 Å². The van der Waals surface area contributed by atoms with E-state index in [2.05, 4.69) is 29.2 Å². The van der Waals surface area contributed by atoms with Crippen LogP contribution in [0.25, 0.3) is 11.1 Å². The minimum absolute atomic E-state index is 0.0461. The van der Waals surface area contributed by atoms with Gasteiger partial charge in [0.1, 0.15) is 0 Å². The van der Waals surface area contributed by atoms with Crippen LogP contribution < -0.4 is 9.80 Å². The quantitative estimate of drug-likeness (QED) is 0.626. The molecule has 0 radical (unpaired) electrons. The Hall–Kier alpha value is -3.07. The predicted molar refractivity (Wildman–Crippen MR) is 110 cm³/mol. The molecule has 0 bridgehead atoms. The third-order valence-corrected chi connectivity index (χ3v) is 4.51. The lowest BCUT2D eigenvalue weighted by molar-refractivity contribution is 0.103. The summed E-state index contributed by atoms with van der Waals surface area (Å²) in [5.41, 5.74) is 5.91. The van der Waals surface area contributed by atoms with Gasteiger partial charge in [0.25, 0.3) is 0 Å². The molecule has 3 aromatic carbocycles. The average Bonchev–Trinajstić information content (AvgIpc) is 2.67. The molecule has 0 aliphatic carbocycles. The molecule has 3 heteroatoms. The smallest absolute Gasteiger partial charge is 0.193 e. The Morgan fingerprint density at radius 2 is 0.846 bits per heavy atom. The van der Waals surface area contributed by atoms with Crippen molar-refractivity contribution in [1.82, 2.24) is 0 Å². The fourth-order valence-corrected chi connectivity index (χ4v) is 2.84. The molecule has 0 fully saturated rings. The van der Waals surface area contributed by atoms with E-state index in [1.807, 2.05) is 81.6 Å². The summed E-state index contributed by atoms with van der Waals surface area (Å²) < 4.78 is 0. The van der Waals surface area contributed by atoms with Crippen molar-refractivity contribution in [3.63, 3.8) is 0 Å². The van der Waals surface area contributed by atoms with Crippen LogP contribution >= 0.6 is 0 Å². The van der Waals surface area contributed by atoms with Crippen LogP contribution in [-0.2, 0) is 0 Å². The number of rotatable bonds is 5. The van der Waals surface area contributed by atoms with E-state index in [0.717, 1.165) is 16.8 Å². The van der Waals surface area contributed by atoms with Gasteiger partial charge in [-0.25, -0.2) is 0 Å². The molecule has 0 saturated carbocycles. The Morgan fingerprint density at radius 3 is 1.23 bits per heavy atom. The number of benzene rings is 3. The number of anilines is 2. The molecule has 0 N–H and O–H groups in total. The molecule has 0 heterocycles. The lowest BCUT2D eigenvalue weighted by Crippen LogP contribution is -2.09. The monoisotopic (exact) mass is 344 g/mol. The maximum atomic E-state index is 12.7. The van der Waals surface area contributed by atoms with Crippen molar-refractivity contribution >= 4 is 17.2 Å². The molecular formula is C23H24N2O. The highest BCUT2D eigenvalue weighted by atomic mass is 16.1. The van der Waals surface area contributed by atoms with Crippen molar-refractivity contribution in [3.05, 3.63) is 83.9 Å². The van der Waals surface area contributed by atoms with Gasteiger partial charge in [-0.1, -0.05) is 36.4 Å². The van der Waals surface area contributed by atoms with Crippen LogP contribution in [0.1, 0.15) is 15.9 Å². The molecular weight excluding hydrogens is 320 g/mol. The minimum atomic E-state index is 0.0461. The van der Waals surface area contributed by atoms with Crippen LogP contribution in [-0.4, -0.2) is 34.0 Å². The van der Waals surface area contributed by atoms with Gasteiger partial charge in [-0.05, 0) is 47.5 Å². The fourth-order valence-electron chi connectivity index (χ4n) is 2.84. The first-order valence-corrected chi connectivity index (χ1v) is 8.65. The van der Waals surface area contributed by atoms with E-state index in [9.17, 15) is 4.79 Å². The van der Waals surface area contributed by atoms with E-state index < -0.39 is 0 Å². The largest absolute Gasteiger partial charge is 0.378 e. The molecule has 3 nitrogen and oxygen atoms in total. The summed E-state index contributed by atoms with van der Waals surface area (Å²) in [5.74, 6) is 0.0461. The fraction of sp³-hybridized carbons (Fsp3) is 0.174. The highest BCUT2D eigenvalue weighted by Crippen LogP contribution is 2.24. The molecule has 0 saturated heterocycles. The normalized spacial score (nSPS) is 10.5. The van der Waals surface area contributed by atoms with Gasteiger partial charge in [0.2, 0.25) is 0 Å². The van der Waals surface area contributed by atoms with E-state index in [1.54, 1.807) is 0 Å². The Labute approximate surface area is 155 Å². The number of hydrogen-bond acceptors (Lipinski definition) is 3. The second-order valence-corrected chi connectivity index (χ2v) is 6.79. The van der Waals surface area contributed by atoms with Crippen molar-refractivity contribution in [3.8, 4) is 11.1 Å². The first kappa shape index (κ1) is 17.7. The lowest BCUT2D eigenvalue weighted by Gasteiger charge is -2.13. The first-order chi connectivity index (χ1) is 12.5. The Morgan fingerprint density at radius 1 is 0.538 bits per heavy atom. The van der Waals surface area contributed by atoms with Gasteiger partial charge in [-0.15, -0.1) is 0 Å². The molecule has 0 unspecified atom stereocenters. The molecule has 26 heavy (non-hydrogen) atoms. The molecule has 0 atom stereocenters. The molecule has 0 aliphatic rings. The zero-order chi connectivity index (χ0) is 18.7. The second-order valence-electron chi connectivity index (χ2n) is 6.79. The number of nitrogens with zero attached hydrogens (tertiary/aromatic N) is 2. The van der Waals surface area contributed by atoms with E-state index >= 15 is 0 Å². The summed E-state index contributed by atoms with van der Waals surface area (Å²) in [6.45, 7) is 0. The van der Waals surface area contributed by atoms with E-state index in [4.69, 9.17) is 0 Å². The Bertz CT molecular complexity index is 877. The van der Waals surface area contributed by atoms with E-state index in [-0.39, 0.29) is 5.78 Å². The number of carbonyl (C=O) groups excluding carboxylic acids is 1. The molecule has 0 amide bonds. The van der Waals surface area contributed by atoms with E-state index in [0.29, 0.717) is 11.1 Å². The predicted octanol–water partition coefficient (Wildman–Crippen LogP) is 4.72. The van der Waals surface area contributed by atoms with Gasteiger partial charge in [-0.3, -0.25) is 4.79 Å². The maximum absolute atomic E-state index is 12.7. The Balaban J connectivity index is 1.79. The number of carbonyl (C=O) groups is 1. The minimum Gasteiger partial charge on any atom is -0.378 e. The van der Waals surface area contributed by atoms with Gasteiger partial charge >= 0.3 is 0 Å². The third kappa shape index (κ3) is 3.77. The zero-order valence-electron chi connectivity index (χ0n) is 15.7. The molecule has 132 valence electrons. The van der Waals surface area contributed by atoms with Crippen molar-refractivity contribution in [2.45, 2.75) is 0 Å². The first-order valence-electron chi connectivity index (χ1n) is 8.65. The van der Waals surface area contributed by atoms with Crippen molar-refractivity contribution in [2.24, 2.45) is 0 Å². The van der Waals surface area contributed by atoms with Gasteiger partial charge in [0.15, 0.2) is 5.78 Å². The zero-order valence-corrected chi connectivity index (χ0v) is 15.7. The van der Waals surface area contributed by atoms with Crippen molar-refractivity contribution in [1.29, 1.82) is 0 Å². The van der Waals surface area contributed by atoms with Crippen molar-refractivity contribution in [2.75, 3.05) is 38.0 Å². The molecule has 0 aliphatic heterocycles. The highest BCUT2D eigenvalue weighted by Gasteiger charge is 2.10. The summed E-state index contributed by atoms with van der Waals surface area (Å²) in [5, 5.41) is 0. The second kappa shape index (κ2) is 7.44. The molecule has 0 spiro atoms. The topological polar surface area (TPSA) is 23.6 Å². The molecule has 0 aromatic heterocycles. The summed E-state index contributed by atoms with van der Waals surface area (Å²) in [7, 11) is 8.03. The van der Waals surface area contributed by atoms with Gasteiger partial charge in [0, 0.05) is 50.7 Å². The van der Waals surface area contributed by atoms with Crippen LogP contribution in [0.3, 0.4) is 0 Å². The third-order valence-electron chi connectivity index (χ3n) is 4.51. The van der Waals surface area contributed by atoms with E-state index in [1.165, 1.54) is 5.69 Å². The van der Waals surface area contributed by atoms with Crippen LogP contribution in [0.2, 0.25) is 0 Å². The molecule has 3 rings (SSSR count). The SMILES string of the molecule is CN(C)c1ccc(C(=O)c2ccc(-c3ccc(N(C)C)cc3)cc2)cc1. The summed E-state index contributed by atoms with van der Waals surface area (Å²) in [4.78, 5) is 16.8. The van der Waals surface area contributed by atoms with Crippen molar-refractivity contribution < 1.29 is 4.79 Å².